The van der Waals surface area contributed by atoms with E-state index in [4.69, 9.17) is 4.74 Å². The molecule has 0 radical (unpaired) electrons. The van der Waals surface area contributed by atoms with Crippen molar-refractivity contribution < 1.29 is 9.84 Å². The Morgan fingerprint density at radius 1 is 1.46 bits per heavy atom. The normalized spacial score (nSPS) is 16.9. The zero-order chi connectivity index (χ0) is 18.5. The van der Waals surface area contributed by atoms with Crippen LogP contribution < -0.4 is 15.4 Å². The molecule has 1 aliphatic heterocycles. The third-order valence-corrected chi connectivity index (χ3v) is 4.34. The zero-order valence-corrected chi connectivity index (χ0v) is 15.5. The van der Waals surface area contributed by atoms with Crippen LogP contribution in [0.4, 0.5) is 0 Å². The van der Waals surface area contributed by atoms with Gasteiger partial charge in [0.05, 0.1) is 20.2 Å². The topological polar surface area (TPSA) is 96.6 Å². The molecule has 2 heterocycles. The van der Waals surface area contributed by atoms with Crippen molar-refractivity contribution in [3.8, 4) is 11.5 Å². The molecule has 1 aromatic carbocycles. The highest BCUT2D eigenvalue weighted by atomic mass is 16.5. The van der Waals surface area contributed by atoms with Crippen LogP contribution in [0.15, 0.2) is 23.2 Å². The molecule has 2 aromatic rings. The van der Waals surface area contributed by atoms with Gasteiger partial charge in [-0.2, -0.15) is 5.10 Å². The van der Waals surface area contributed by atoms with Gasteiger partial charge in [-0.15, -0.1) is 0 Å². The van der Waals surface area contributed by atoms with Gasteiger partial charge in [0.15, 0.2) is 5.96 Å². The van der Waals surface area contributed by atoms with E-state index in [1.165, 1.54) is 0 Å². The van der Waals surface area contributed by atoms with E-state index in [1.54, 1.807) is 25.3 Å². The summed E-state index contributed by atoms with van der Waals surface area (Å²) in [7, 11) is 1.61. The molecule has 0 saturated carbocycles. The van der Waals surface area contributed by atoms with E-state index in [2.05, 4.69) is 25.7 Å². The number of methoxy groups -OCH3 is 1. The number of aliphatic imine (C=N–C) groups is 1. The standard InChI is InChI=1S/C18H26N6O2/c1-4-19-18(20-10-13-9-15(26-3)6-7-16(13)25)22-14-5-8-17-21-12(2)23-24(17)11-14/h6-7,9,14,25H,4-5,8,10-11H2,1-3H3,(H2,19,20,22). The summed E-state index contributed by atoms with van der Waals surface area (Å²) in [5.74, 6) is 3.50. The summed E-state index contributed by atoms with van der Waals surface area (Å²) in [4.78, 5) is 9.05. The number of rotatable bonds is 5. The van der Waals surface area contributed by atoms with E-state index in [0.717, 1.165) is 49.1 Å². The molecule has 140 valence electrons. The second-order valence-electron chi connectivity index (χ2n) is 6.33. The first-order valence-electron chi connectivity index (χ1n) is 8.90. The lowest BCUT2D eigenvalue weighted by Crippen LogP contribution is -2.47. The largest absolute Gasteiger partial charge is 0.508 e. The number of aromatic hydroxyl groups is 1. The molecule has 1 unspecified atom stereocenters. The Bertz CT molecular complexity index is 786. The Morgan fingerprint density at radius 3 is 3.08 bits per heavy atom. The Kier molecular flexibility index (Phi) is 5.60. The van der Waals surface area contributed by atoms with Gasteiger partial charge >= 0.3 is 0 Å². The van der Waals surface area contributed by atoms with Gasteiger partial charge in [0.2, 0.25) is 0 Å². The van der Waals surface area contributed by atoms with E-state index in [1.807, 2.05) is 18.5 Å². The van der Waals surface area contributed by atoms with Gasteiger partial charge in [-0.25, -0.2) is 14.7 Å². The predicted molar refractivity (Wildman–Crippen MR) is 99.5 cm³/mol. The number of phenols is 1. The highest BCUT2D eigenvalue weighted by molar-refractivity contribution is 5.80. The van der Waals surface area contributed by atoms with E-state index in [-0.39, 0.29) is 11.8 Å². The Hall–Kier alpha value is -2.77. The summed E-state index contributed by atoms with van der Waals surface area (Å²) in [6, 6.07) is 5.39. The van der Waals surface area contributed by atoms with Crippen LogP contribution in [0.3, 0.4) is 0 Å². The fourth-order valence-corrected chi connectivity index (χ4v) is 3.04. The molecule has 0 amide bonds. The highest BCUT2D eigenvalue weighted by Crippen LogP contribution is 2.23. The van der Waals surface area contributed by atoms with Crippen molar-refractivity contribution in [1.29, 1.82) is 0 Å². The number of benzene rings is 1. The minimum absolute atomic E-state index is 0.214. The minimum atomic E-state index is 0.214. The SMILES string of the molecule is CCNC(=NCc1cc(OC)ccc1O)NC1CCc2nc(C)nn2C1. The fourth-order valence-electron chi connectivity index (χ4n) is 3.04. The van der Waals surface area contributed by atoms with Gasteiger partial charge in [-0.1, -0.05) is 0 Å². The molecule has 0 spiro atoms. The third kappa shape index (κ3) is 4.25. The molecule has 1 aliphatic rings. The van der Waals surface area contributed by atoms with E-state index in [9.17, 15) is 5.11 Å². The van der Waals surface area contributed by atoms with Crippen molar-refractivity contribution in [3.63, 3.8) is 0 Å². The maximum Gasteiger partial charge on any atom is 0.191 e. The molecule has 0 saturated heterocycles. The molecule has 26 heavy (non-hydrogen) atoms. The molecule has 0 bridgehead atoms. The number of fused-ring (bicyclic) bond motifs is 1. The van der Waals surface area contributed by atoms with Crippen molar-refractivity contribution in [3.05, 3.63) is 35.4 Å². The number of aromatic nitrogens is 3. The molecule has 8 heteroatoms. The molecule has 0 aliphatic carbocycles. The number of nitrogens with one attached hydrogen (secondary N) is 2. The van der Waals surface area contributed by atoms with Gasteiger partial charge in [-0.3, -0.25) is 0 Å². The maximum absolute atomic E-state index is 10.0. The van der Waals surface area contributed by atoms with Crippen molar-refractivity contribution in [2.45, 2.75) is 45.8 Å². The van der Waals surface area contributed by atoms with E-state index < -0.39 is 0 Å². The van der Waals surface area contributed by atoms with Crippen LogP contribution >= 0.6 is 0 Å². The lowest BCUT2D eigenvalue weighted by molar-refractivity contribution is 0.392. The van der Waals surface area contributed by atoms with Crippen LogP contribution in [0, 0.1) is 6.92 Å². The predicted octanol–water partition coefficient (Wildman–Crippen LogP) is 1.37. The van der Waals surface area contributed by atoms with E-state index >= 15 is 0 Å². The Balaban J connectivity index is 1.68. The van der Waals surface area contributed by atoms with Gasteiger partial charge in [-0.05, 0) is 38.5 Å². The van der Waals surface area contributed by atoms with Gasteiger partial charge in [0.1, 0.15) is 23.1 Å². The smallest absolute Gasteiger partial charge is 0.191 e. The number of phenolic OH excluding ortho intramolecular Hbond substituents is 1. The fraction of sp³-hybridized carbons (Fsp3) is 0.500. The van der Waals surface area contributed by atoms with Gasteiger partial charge in [0, 0.05) is 24.6 Å². The second kappa shape index (κ2) is 8.07. The summed E-state index contributed by atoms with van der Waals surface area (Å²) >= 11 is 0. The summed E-state index contributed by atoms with van der Waals surface area (Å²) in [5.41, 5.74) is 0.722. The molecular formula is C18H26N6O2. The van der Waals surface area contributed by atoms with Crippen molar-refractivity contribution in [2.75, 3.05) is 13.7 Å². The van der Waals surface area contributed by atoms with Crippen molar-refractivity contribution in [1.82, 2.24) is 25.4 Å². The molecule has 0 fully saturated rings. The van der Waals surface area contributed by atoms with Crippen molar-refractivity contribution >= 4 is 5.96 Å². The number of ether oxygens (including phenoxy) is 1. The maximum atomic E-state index is 10.0. The number of hydrogen-bond acceptors (Lipinski definition) is 5. The van der Waals surface area contributed by atoms with Crippen molar-refractivity contribution in [2.24, 2.45) is 4.99 Å². The average molecular weight is 358 g/mol. The minimum Gasteiger partial charge on any atom is -0.508 e. The molecule has 8 nitrogen and oxygen atoms in total. The number of aryl methyl sites for hydroxylation is 2. The van der Waals surface area contributed by atoms with Crippen LogP contribution in [0.5, 0.6) is 11.5 Å². The van der Waals surface area contributed by atoms with Crippen LogP contribution in [-0.4, -0.2) is 45.5 Å². The Labute approximate surface area is 153 Å². The molecule has 3 rings (SSSR count). The Morgan fingerprint density at radius 2 is 2.31 bits per heavy atom. The molecule has 3 N–H and O–H groups in total. The molecule has 1 aromatic heterocycles. The van der Waals surface area contributed by atoms with Gasteiger partial charge < -0.3 is 20.5 Å². The summed E-state index contributed by atoms with van der Waals surface area (Å²) in [6.45, 7) is 5.83. The van der Waals surface area contributed by atoms with Crippen LogP contribution in [-0.2, 0) is 19.5 Å². The first kappa shape index (κ1) is 18.0. The zero-order valence-electron chi connectivity index (χ0n) is 15.5. The molecular weight excluding hydrogens is 332 g/mol. The van der Waals surface area contributed by atoms with Gasteiger partial charge in [0.25, 0.3) is 0 Å². The second-order valence-corrected chi connectivity index (χ2v) is 6.33. The first-order valence-corrected chi connectivity index (χ1v) is 8.90. The average Bonchev–Trinajstić information content (AvgIpc) is 3.00. The molecule has 1 atom stereocenters. The highest BCUT2D eigenvalue weighted by Gasteiger charge is 2.21. The summed E-state index contributed by atoms with van der Waals surface area (Å²) < 4.78 is 7.18. The number of guanidine groups is 1. The van der Waals surface area contributed by atoms with Crippen LogP contribution in [0.2, 0.25) is 0 Å². The lowest BCUT2D eigenvalue weighted by Gasteiger charge is -2.25. The number of nitrogens with zero attached hydrogens (tertiary/aromatic N) is 4. The summed E-state index contributed by atoms with van der Waals surface area (Å²) in [6.07, 6.45) is 1.88. The van der Waals surface area contributed by atoms with Crippen LogP contribution in [0.25, 0.3) is 0 Å². The van der Waals surface area contributed by atoms with Crippen LogP contribution in [0.1, 0.15) is 30.6 Å². The third-order valence-electron chi connectivity index (χ3n) is 4.34. The van der Waals surface area contributed by atoms with E-state index in [0.29, 0.717) is 12.3 Å². The summed E-state index contributed by atoms with van der Waals surface area (Å²) in [5, 5.41) is 21.2. The monoisotopic (exact) mass is 358 g/mol. The first-order chi connectivity index (χ1) is 12.6. The quantitative estimate of drug-likeness (QED) is 0.552. The number of hydrogen-bond donors (Lipinski definition) is 3. The lowest BCUT2D eigenvalue weighted by atomic mass is 10.1.